The number of rotatable bonds is 8. The van der Waals surface area contributed by atoms with Crippen molar-refractivity contribution < 1.29 is 9.59 Å². The van der Waals surface area contributed by atoms with Crippen LogP contribution in [0, 0.1) is 0 Å². The van der Waals surface area contributed by atoms with E-state index < -0.39 is 0 Å². The van der Waals surface area contributed by atoms with E-state index in [0.29, 0.717) is 24.2 Å². The average Bonchev–Trinajstić information content (AvgIpc) is 2.49. The van der Waals surface area contributed by atoms with Crippen molar-refractivity contribution >= 4 is 24.2 Å². The van der Waals surface area contributed by atoms with Crippen molar-refractivity contribution in [2.24, 2.45) is 0 Å². The van der Waals surface area contributed by atoms with Gasteiger partial charge in [0.2, 0.25) is 0 Å². The molecule has 0 aliphatic heterocycles. The molecular weight excluding hydrogens is 290 g/mol. The van der Waals surface area contributed by atoms with Crippen LogP contribution in [0.1, 0.15) is 41.0 Å². The minimum Gasteiger partial charge on any atom is -0.352 e. The van der Waals surface area contributed by atoms with E-state index in [1.54, 1.807) is 24.3 Å². The summed E-state index contributed by atoms with van der Waals surface area (Å²) in [6.07, 6.45) is 0.885. The number of halogens is 1. The molecule has 0 atom stereocenters. The molecule has 0 saturated carbocycles. The van der Waals surface area contributed by atoms with Crippen molar-refractivity contribution in [2.75, 3.05) is 26.2 Å². The van der Waals surface area contributed by atoms with Crippen LogP contribution in [-0.4, -0.2) is 38.0 Å². The van der Waals surface area contributed by atoms with E-state index in [2.05, 4.69) is 16.0 Å². The molecule has 5 nitrogen and oxygen atoms in total. The molecule has 1 aromatic rings. The van der Waals surface area contributed by atoms with Gasteiger partial charge in [0.15, 0.2) is 0 Å². The topological polar surface area (TPSA) is 70.2 Å². The van der Waals surface area contributed by atoms with E-state index in [9.17, 15) is 9.59 Å². The zero-order chi connectivity index (χ0) is 14.8. The highest BCUT2D eigenvalue weighted by molar-refractivity contribution is 5.99. The van der Waals surface area contributed by atoms with Gasteiger partial charge in [-0.25, -0.2) is 0 Å². The number of likely N-dealkylation sites (N-methyl/N-ethyl adjacent to an activating group) is 1. The average molecular weight is 314 g/mol. The fourth-order valence-electron chi connectivity index (χ4n) is 1.69. The number of amides is 2. The van der Waals surface area contributed by atoms with Gasteiger partial charge in [-0.15, -0.1) is 12.4 Å². The summed E-state index contributed by atoms with van der Waals surface area (Å²) in [6, 6.07) is 6.76. The molecule has 2 amide bonds. The third kappa shape index (κ3) is 7.11. The van der Waals surface area contributed by atoms with Gasteiger partial charge in [0, 0.05) is 30.8 Å². The molecule has 0 fully saturated rings. The van der Waals surface area contributed by atoms with Gasteiger partial charge in [-0.05, 0) is 31.2 Å². The Bertz CT molecular complexity index is 452. The van der Waals surface area contributed by atoms with E-state index >= 15 is 0 Å². The molecule has 0 spiro atoms. The molecule has 0 bridgehead atoms. The van der Waals surface area contributed by atoms with E-state index in [1.165, 1.54) is 0 Å². The Morgan fingerprint density at radius 1 is 0.952 bits per heavy atom. The summed E-state index contributed by atoms with van der Waals surface area (Å²) >= 11 is 0. The summed E-state index contributed by atoms with van der Waals surface area (Å²) in [5, 5.41) is 8.73. The Morgan fingerprint density at radius 2 is 1.52 bits per heavy atom. The highest BCUT2D eigenvalue weighted by Gasteiger charge is 2.09. The number of nitrogens with one attached hydrogen (secondary N) is 3. The molecule has 21 heavy (non-hydrogen) atoms. The van der Waals surface area contributed by atoms with Gasteiger partial charge in [-0.3, -0.25) is 9.59 Å². The molecule has 0 saturated heterocycles. The first kappa shape index (κ1) is 19.4. The maximum Gasteiger partial charge on any atom is 0.251 e. The smallest absolute Gasteiger partial charge is 0.251 e. The molecule has 0 heterocycles. The standard InChI is InChI=1S/C15H23N3O2.ClH/c1-3-8-17-14(19)12-6-5-7-13(11-12)15(20)18-10-9-16-4-2;/h5-7,11,16H,3-4,8-10H2,1-2H3,(H,17,19)(H,18,20);1H. The summed E-state index contributed by atoms with van der Waals surface area (Å²) in [6.45, 7) is 6.83. The fraction of sp³-hybridized carbons (Fsp3) is 0.467. The Kier molecular flexibility index (Phi) is 10.3. The minimum atomic E-state index is -0.159. The Hall–Kier alpha value is -1.59. The normalized spacial score (nSPS) is 9.62. The van der Waals surface area contributed by atoms with Gasteiger partial charge in [0.1, 0.15) is 0 Å². The van der Waals surface area contributed by atoms with Gasteiger partial charge in [0.05, 0.1) is 0 Å². The second kappa shape index (κ2) is 11.1. The molecule has 0 aromatic heterocycles. The Balaban J connectivity index is 0.00000400. The summed E-state index contributed by atoms with van der Waals surface area (Å²) in [7, 11) is 0. The van der Waals surface area contributed by atoms with E-state index in [-0.39, 0.29) is 24.2 Å². The maximum atomic E-state index is 11.9. The quantitative estimate of drug-likeness (QED) is 0.638. The molecule has 0 radical (unpaired) electrons. The maximum absolute atomic E-state index is 11.9. The zero-order valence-electron chi connectivity index (χ0n) is 12.6. The second-order valence-electron chi connectivity index (χ2n) is 4.45. The van der Waals surface area contributed by atoms with Crippen LogP contribution >= 0.6 is 12.4 Å². The molecule has 0 aliphatic rings. The zero-order valence-corrected chi connectivity index (χ0v) is 13.4. The molecule has 6 heteroatoms. The van der Waals surface area contributed by atoms with Crippen LogP contribution in [0.4, 0.5) is 0 Å². The van der Waals surface area contributed by atoms with Crippen LogP contribution in [0.3, 0.4) is 0 Å². The monoisotopic (exact) mass is 313 g/mol. The lowest BCUT2D eigenvalue weighted by Gasteiger charge is -2.07. The highest BCUT2D eigenvalue weighted by Crippen LogP contribution is 2.05. The third-order valence-corrected chi connectivity index (χ3v) is 2.76. The van der Waals surface area contributed by atoms with Gasteiger partial charge >= 0.3 is 0 Å². The minimum absolute atomic E-state index is 0. The summed E-state index contributed by atoms with van der Waals surface area (Å²) in [5.74, 6) is -0.304. The number of carbonyl (C=O) groups excluding carboxylic acids is 2. The third-order valence-electron chi connectivity index (χ3n) is 2.76. The van der Waals surface area contributed by atoms with E-state index in [4.69, 9.17) is 0 Å². The Morgan fingerprint density at radius 3 is 2.05 bits per heavy atom. The summed E-state index contributed by atoms with van der Waals surface area (Å²) in [5.41, 5.74) is 1.02. The van der Waals surface area contributed by atoms with Crippen molar-refractivity contribution in [3.63, 3.8) is 0 Å². The SMILES string of the molecule is CCCNC(=O)c1cccc(C(=O)NCCNCC)c1.Cl. The van der Waals surface area contributed by atoms with Crippen molar-refractivity contribution in [3.05, 3.63) is 35.4 Å². The van der Waals surface area contributed by atoms with Gasteiger partial charge in [-0.1, -0.05) is 19.9 Å². The number of hydrogen-bond acceptors (Lipinski definition) is 3. The van der Waals surface area contributed by atoms with Crippen molar-refractivity contribution in [1.82, 2.24) is 16.0 Å². The Labute approximate surface area is 132 Å². The lowest BCUT2D eigenvalue weighted by Crippen LogP contribution is -2.32. The summed E-state index contributed by atoms with van der Waals surface area (Å²) < 4.78 is 0. The van der Waals surface area contributed by atoms with Crippen LogP contribution in [0.2, 0.25) is 0 Å². The molecule has 0 aliphatic carbocycles. The van der Waals surface area contributed by atoms with Gasteiger partial charge in [-0.2, -0.15) is 0 Å². The largest absolute Gasteiger partial charge is 0.352 e. The molecule has 1 rings (SSSR count). The highest BCUT2D eigenvalue weighted by atomic mass is 35.5. The first-order valence-electron chi connectivity index (χ1n) is 7.06. The van der Waals surface area contributed by atoms with Crippen LogP contribution in [0.5, 0.6) is 0 Å². The summed E-state index contributed by atoms with van der Waals surface area (Å²) in [4.78, 5) is 23.8. The first-order valence-corrected chi connectivity index (χ1v) is 7.06. The molecule has 0 unspecified atom stereocenters. The van der Waals surface area contributed by atoms with Crippen molar-refractivity contribution in [3.8, 4) is 0 Å². The van der Waals surface area contributed by atoms with E-state index in [1.807, 2.05) is 13.8 Å². The number of carbonyl (C=O) groups is 2. The van der Waals surface area contributed by atoms with E-state index in [0.717, 1.165) is 19.5 Å². The second-order valence-corrected chi connectivity index (χ2v) is 4.45. The molecule has 118 valence electrons. The number of benzene rings is 1. The van der Waals surface area contributed by atoms with Crippen LogP contribution in [0.25, 0.3) is 0 Å². The molecule has 1 aromatic carbocycles. The van der Waals surface area contributed by atoms with Gasteiger partial charge < -0.3 is 16.0 Å². The lowest BCUT2D eigenvalue weighted by atomic mass is 10.1. The van der Waals surface area contributed by atoms with Crippen LogP contribution < -0.4 is 16.0 Å². The lowest BCUT2D eigenvalue weighted by molar-refractivity contribution is 0.0953. The first-order chi connectivity index (χ1) is 9.69. The predicted molar refractivity (Wildman–Crippen MR) is 87.2 cm³/mol. The van der Waals surface area contributed by atoms with Crippen molar-refractivity contribution in [1.29, 1.82) is 0 Å². The van der Waals surface area contributed by atoms with Crippen LogP contribution in [0.15, 0.2) is 24.3 Å². The van der Waals surface area contributed by atoms with Crippen molar-refractivity contribution in [2.45, 2.75) is 20.3 Å². The fourth-order valence-corrected chi connectivity index (χ4v) is 1.69. The molecule has 3 N–H and O–H groups in total. The van der Waals surface area contributed by atoms with Gasteiger partial charge in [0.25, 0.3) is 11.8 Å². The molecular formula is C15H24ClN3O2. The number of hydrogen-bond donors (Lipinski definition) is 3. The van der Waals surface area contributed by atoms with Crippen LogP contribution in [-0.2, 0) is 0 Å². The predicted octanol–water partition coefficient (Wildman–Crippen LogP) is 1.59.